The average Bonchev–Trinajstić information content (AvgIpc) is 3.04. The van der Waals surface area contributed by atoms with Crippen molar-refractivity contribution in [3.63, 3.8) is 0 Å². The molecule has 1 atom stereocenters. The Morgan fingerprint density at radius 1 is 1.47 bits per heavy atom. The Morgan fingerprint density at radius 2 is 2.29 bits per heavy atom. The summed E-state index contributed by atoms with van der Waals surface area (Å²) in [5, 5.41) is 3.62. The van der Waals surface area contributed by atoms with Gasteiger partial charge in [0, 0.05) is 22.5 Å². The van der Waals surface area contributed by atoms with Gasteiger partial charge in [-0.1, -0.05) is 22.9 Å². The maximum atomic E-state index is 5.83. The number of rotatable bonds is 4. The zero-order chi connectivity index (χ0) is 11.8. The molecule has 0 radical (unpaired) electrons. The maximum absolute atomic E-state index is 5.83. The number of fused-ring (bicyclic) bond motifs is 1. The van der Waals surface area contributed by atoms with Crippen LogP contribution in [0, 0.1) is 5.92 Å². The van der Waals surface area contributed by atoms with Crippen molar-refractivity contribution in [3.8, 4) is 5.75 Å². The smallest absolute Gasteiger partial charge is 0.127 e. The van der Waals surface area contributed by atoms with Crippen LogP contribution < -0.4 is 10.1 Å². The van der Waals surface area contributed by atoms with Gasteiger partial charge in [0.25, 0.3) is 0 Å². The van der Waals surface area contributed by atoms with Crippen LogP contribution in [0.3, 0.4) is 0 Å². The minimum atomic E-state index is 0.476. The molecule has 2 nitrogen and oxygen atoms in total. The monoisotopic (exact) mass is 295 g/mol. The number of hydrogen-bond donors (Lipinski definition) is 1. The first-order chi connectivity index (χ1) is 8.29. The Kier molecular flexibility index (Phi) is 3.14. The molecule has 0 aromatic heterocycles. The summed E-state index contributed by atoms with van der Waals surface area (Å²) in [5.41, 5.74) is 2.72. The molecule has 2 aliphatic rings. The zero-order valence-electron chi connectivity index (χ0n) is 10.1. The summed E-state index contributed by atoms with van der Waals surface area (Å²) < 4.78 is 7.01. The number of nitrogens with one attached hydrogen (secondary N) is 1. The molecule has 1 aliphatic heterocycles. The molecule has 1 aromatic rings. The van der Waals surface area contributed by atoms with Crippen molar-refractivity contribution in [2.24, 2.45) is 5.92 Å². The molecular weight excluding hydrogens is 278 g/mol. The van der Waals surface area contributed by atoms with E-state index in [1.54, 1.807) is 0 Å². The van der Waals surface area contributed by atoms with E-state index in [1.807, 2.05) is 0 Å². The van der Waals surface area contributed by atoms with Gasteiger partial charge in [0.05, 0.1) is 6.61 Å². The highest BCUT2D eigenvalue weighted by Crippen LogP contribution is 2.46. The quantitative estimate of drug-likeness (QED) is 0.919. The van der Waals surface area contributed by atoms with Gasteiger partial charge >= 0.3 is 0 Å². The van der Waals surface area contributed by atoms with Crippen LogP contribution in [0.1, 0.15) is 36.9 Å². The van der Waals surface area contributed by atoms with Crippen molar-refractivity contribution < 1.29 is 4.74 Å². The molecule has 3 heteroatoms. The van der Waals surface area contributed by atoms with Gasteiger partial charge in [-0.15, -0.1) is 0 Å². The molecule has 0 amide bonds. The highest BCUT2D eigenvalue weighted by molar-refractivity contribution is 9.10. The van der Waals surface area contributed by atoms with Crippen LogP contribution in [0.4, 0.5) is 0 Å². The number of benzene rings is 1. The molecule has 1 saturated carbocycles. The topological polar surface area (TPSA) is 21.3 Å². The van der Waals surface area contributed by atoms with Gasteiger partial charge in [-0.2, -0.15) is 0 Å². The molecule has 1 N–H and O–H groups in total. The molecule has 1 aromatic carbocycles. The molecule has 0 spiro atoms. The van der Waals surface area contributed by atoms with E-state index in [2.05, 4.69) is 40.3 Å². The summed E-state index contributed by atoms with van der Waals surface area (Å²) in [4.78, 5) is 0. The fourth-order valence-electron chi connectivity index (χ4n) is 2.71. The Labute approximate surface area is 111 Å². The Balaban J connectivity index is 2.00. The molecule has 1 heterocycles. The molecular formula is C14H18BrNO. The van der Waals surface area contributed by atoms with E-state index < -0.39 is 0 Å². The van der Waals surface area contributed by atoms with Gasteiger partial charge in [-0.25, -0.2) is 0 Å². The lowest BCUT2D eigenvalue weighted by Gasteiger charge is -2.20. The zero-order valence-corrected chi connectivity index (χ0v) is 11.7. The predicted molar refractivity (Wildman–Crippen MR) is 72.5 cm³/mol. The second kappa shape index (κ2) is 4.62. The van der Waals surface area contributed by atoms with Crippen LogP contribution >= 0.6 is 15.9 Å². The summed E-state index contributed by atoms with van der Waals surface area (Å²) in [6.07, 6.45) is 3.74. The third-order valence-corrected chi connectivity index (χ3v) is 4.09. The lowest BCUT2D eigenvalue weighted by molar-refractivity contribution is 0.345. The van der Waals surface area contributed by atoms with Crippen LogP contribution in [0.25, 0.3) is 0 Å². The van der Waals surface area contributed by atoms with Crippen molar-refractivity contribution >= 4 is 15.9 Å². The van der Waals surface area contributed by atoms with Gasteiger partial charge in [0.1, 0.15) is 5.75 Å². The molecule has 92 valence electrons. The number of ether oxygens (including phenoxy) is 1. The summed E-state index contributed by atoms with van der Waals surface area (Å²) in [6, 6.07) is 4.90. The molecule has 1 unspecified atom stereocenters. The Morgan fingerprint density at radius 3 is 3.00 bits per heavy atom. The Bertz CT molecular complexity index is 428. The highest BCUT2D eigenvalue weighted by atomic mass is 79.9. The second-order valence-corrected chi connectivity index (χ2v) is 5.87. The fraction of sp³-hybridized carbons (Fsp3) is 0.571. The molecule has 0 bridgehead atoms. The fourth-order valence-corrected chi connectivity index (χ4v) is 3.23. The average molecular weight is 296 g/mol. The van der Waals surface area contributed by atoms with Crippen molar-refractivity contribution in [3.05, 3.63) is 27.7 Å². The van der Waals surface area contributed by atoms with Crippen molar-refractivity contribution in [2.45, 2.75) is 32.2 Å². The normalized spacial score (nSPS) is 19.9. The van der Waals surface area contributed by atoms with E-state index in [1.165, 1.54) is 28.4 Å². The summed E-state index contributed by atoms with van der Waals surface area (Å²) in [5.74, 6) is 1.95. The van der Waals surface area contributed by atoms with E-state index in [9.17, 15) is 0 Å². The largest absolute Gasteiger partial charge is 0.493 e. The van der Waals surface area contributed by atoms with E-state index >= 15 is 0 Å². The highest BCUT2D eigenvalue weighted by Gasteiger charge is 2.34. The van der Waals surface area contributed by atoms with Crippen LogP contribution in [0.5, 0.6) is 5.75 Å². The number of hydrogen-bond acceptors (Lipinski definition) is 2. The lowest BCUT2D eigenvalue weighted by Crippen LogP contribution is -2.23. The molecule has 17 heavy (non-hydrogen) atoms. The number of halogens is 1. The third-order valence-electron chi connectivity index (χ3n) is 3.63. The minimum absolute atomic E-state index is 0.476. The van der Waals surface area contributed by atoms with Gasteiger partial charge in [-0.05, 0) is 43.0 Å². The molecule has 1 aliphatic carbocycles. The first-order valence-corrected chi connectivity index (χ1v) is 7.27. The standard InChI is InChI=1S/C14H18BrNO/c1-2-16-13(9-3-4-9)12-8-11(15)7-10-5-6-17-14(10)12/h7-9,13,16H,2-6H2,1H3. The molecule has 1 fully saturated rings. The van der Waals surface area contributed by atoms with Crippen LogP contribution in [-0.2, 0) is 6.42 Å². The van der Waals surface area contributed by atoms with E-state index in [0.29, 0.717) is 6.04 Å². The second-order valence-electron chi connectivity index (χ2n) is 4.95. The van der Waals surface area contributed by atoms with Crippen LogP contribution in [0.15, 0.2) is 16.6 Å². The van der Waals surface area contributed by atoms with Gasteiger partial charge in [0.15, 0.2) is 0 Å². The van der Waals surface area contributed by atoms with E-state index in [0.717, 1.165) is 31.2 Å². The molecule has 0 saturated heterocycles. The SMILES string of the molecule is CCNC(c1cc(Br)cc2c1OCC2)C1CC1. The van der Waals surface area contributed by atoms with Crippen molar-refractivity contribution in [2.75, 3.05) is 13.2 Å². The maximum Gasteiger partial charge on any atom is 0.127 e. The molecule has 3 rings (SSSR count). The van der Waals surface area contributed by atoms with Crippen LogP contribution in [-0.4, -0.2) is 13.2 Å². The van der Waals surface area contributed by atoms with Crippen molar-refractivity contribution in [1.29, 1.82) is 0 Å². The third kappa shape index (κ3) is 2.23. The predicted octanol–water partition coefficient (Wildman–Crippen LogP) is 3.44. The Hall–Kier alpha value is -0.540. The van der Waals surface area contributed by atoms with Crippen molar-refractivity contribution in [1.82, 2.24) is 5.32 Å². The summed E-state index contributed by atoms with van der Waals surface area (Å²) in [7, 11) is 0. The lowest BCUT2D eigenvalue weighted by atomic mass is 9.98. The first kappa shape index (κ1) is 11.5. The van der Waals surface area contributed by atoms with Gasteiger partial charge < -0.3 is 10.1 Å². The summed E-state index contributed by atoms with van der Waals surface area (Å²) >= 11 is 3.62. The summed E-state index contributed by atoms with van der Waals surface area (Å²) in [6.45, 7) is 4.03. The van der Waals surface area contributed by atoms with Crippen LogP contribution in [0.2, 0.25) is 0 Å². The van der Waals surface area contributed by atoms with E-state index in [-0.39, 0.29) is 0 Å². The first-order valence-electron chi connectivity index (χ1n) is 6.48. The van der Waals surface area contributed by atoms with E-state index in [4.69, 9.17) is 4.74 Å². The van der Waals surface area contributed by atoms with Gasteiger partial charge in [0.2, 0.25) is 0 Å². The minimum Gasteiger partial charge on any atom is -0.493 e. The van der Waals surface area contributed by atoms with Gasteiger partial charge in [-0.3, -0.25) is 0 Å².